The lowest BCUT2D eigenvalue weighted by Crippen LogP contribution is -2.33. The van der Waals surface area contributed by atoms with Crippen LogP contribution in [0.25, 0.3) is 0 Å². The molecular formula is C38H46N2O6. The molecule has 0 spiro atoms. The number of hydrogen-bond acceptors (Lipinski definition) is 8. The number of benzene rings is 4. The molecule has 2 heterocycles. The van der Waals surface area contributed by atoms with Crippen LogP contribution < -0.4 is 18.9 Å². The maximum absolute atomic E-state index is 10.9. The minimum atomic E-state index is 0. The van der Waals surface area contributed by atoms with Crippen LogP contribution in [0, 0.1) is 0 Å². The molecule has 8 nitrogen and oxygen atoms in total. The van der Waals surface area contributed by atoms with Crippen molar-refractivity contribution < 1.29 is 29.2 Å². The second-order valence-electron chi connectivity index (χ2n) is 12.1. The highest BCUT2D eigenvalue weighted by atomic mass is 16.5. The molecule has 2 aliphatic heterocycles. The standard InChI is InChI=1S/C37H42N2O6.CH4/c1-38-14-13-26-20-35(43-4)37(22-29(26)30(38)16-23-6-9-27(40)10-7-23)45-33-18-24(8-11-32(33)41)17-31-28-21-36(44-5)34(42-3)19-25(28)12-15-39(31)2;/h6-11,18-22,30-31,40-41H,12-17H2,1-5H3;1H4. The average Bonchev–Trinajstić information content (AvgIpc) is 3.05. The van der Waals surface area contributed by atoms with E-state index in [9.17, 15) is 10.2 Å². The fourth-order valence-corrected chi connectivity index (χ4v) is 6.72. The molecule has 8 heteroatoms. The van der Waals surface area contributed by atoms with Crippen molar-refractivity contribution >= 4 is 0 Å². The van der Waals surface area contributed by atoms with Crippen molar-refractivity contribution in [2.75, 3.05) is 48.5 Å². The second-order valence-corrected chi connectivity index (χ2v) is 12.1. The molecule has 0 radical (unpaired) electrons. The first kappa shape index (κ1) is 33.0. The number of phenols is 2. The number of phenolic OH excluding ortho intramolecular Hbond substituents is 2. The molecule has 4 aromatic rings. The summed E-state index contributed by atoms with van der Waals surface area (Å²) in [4.78, 5) is 4.71. The smallest absolute Gasteiger partial charge is 0.169 e. The molecule has 0 saturated carbocycles. The van der Waals surface area contributed by atoms with Gasteiger partial charge < -0.3 is 29.2 Å². The molecule has 46 heavy (non-hydrogen) atoms. The lowest BCUT2D eigenvalue weighted by Gasteiger charge is -2.35. The predicted molar refractivity (Wildman–Crippen MR) is 181 cm³/mol. The molecule has 0 saturated heterocycles. The molecule has 0 fully saturated rings. The van der Waals surface area contributed by atoms with Gasteiger partial charge in [-0.15, -0.1) is 0 Å². The quantitative estimate of drug-likeness (QED) is 0.204. The van der Waals surface area contributed by atoms with Gasteiger partial charge in [0.05, 0.1) is 21.3 Å². The number of likely N-dealkylation sites (N-methyl/N-ethyl adjacent to an activating group) is 2. The Kier molecular flexibility index (Phi) is 9.99. The van der Waals surface area contributed by atoms with E-state index in [1.54, 1.807) is 39.5 Å². The molecule has 4 aromatic carbocycles. The third kappa shape index (κ3) is 6.59. The van der Waals surface area contributed by atoms with Crippen LogP contribution in [-0.2, 0) is 25.7 Å². The van der Waals surface area contributed by atoms with Crippen molar-refractivity contribution in [1.29, 1.82) is 0 Å². The van der Waals surface area contributed by atoms with E-state index in [0.717, 1.165) is 61.4 Å². The van der Waals surface area contributed by atoms with Crippen LogP contribution >= 0.6 is 0 Å². The van der Waals surface area contributed by atoms with Gasteiger partial charge in [-0.05, 0) is 122 Å². The van der Waals surface area contributed by atoms with Gasteiger partial charge in [-0.2, -0.15) is 0 Å². The number of aromatic hydroxyl groups is 2. The summed E-state index contributed by atoms with van der Waals surface area (Å²) in [6, 6.07) is 21.6. The average molecular weight is 627 g/mol. The summed E-state index contributed by atoms with van der Waals surface area (Å²) in [5, 5.41) is 20.7. The van der Waals surface area contributed by atoms with Crippen molar-refractivity contribution in [1.82, 2.24) is 9.80 Å². The maximum atomic E-state index is 10.9. The van der Waals surface area contributed by atoms with Gasteiger partial charge in [0.1, 0.15) is 5.75 Å². The lowest BCUT2D eigenvalue weighted by atomic mass is 9.88. The van der Waals surface area contributed by atoms with Crippen LogP contribution in [0.5, 0.6) is 40.2 Å². The van der Waals surface area contributed by atoms with Crippen LogP contribution in [0.2, 0.25) is 0 Å². The van der Waals surface area contributed by atoms with Gasteiger partial charge in [-0.1, -0.05) is 25.6 Å². The minimum absolute atomic E-state index is 0. The van der Waals surface area contributed by atoms with E-state index in [1.165, 1.54) is 22.3 Å². The first-order valence-corrected chi connectivity index (χ1v) is 15.4. The Bertz CT molecular complexity index is 1670. The molecule has 6 rings (SSSR count). The predicted octanol–water partition coefficient (Wildman–Crippen LogP) is 7.10. The Hall–Kier alpha value is -4.40. The van der Waals surface area contributed by atoms with Gasteiger partial charge in [0.25, 0.3) is 0 Å². The first-order chi connectivity index (χ1) is 21.8. The molecule has 0 amide bonds. The summed E-state index contributed by atoms with van der Waals surface area (Å²) in [7, 11) is 9.26. The number of rotatable bonds is 9. The highest BCUT2D eigenvalue weighted by Crippen LogP contribution is 2.44. The summed E-state index contributed by atoms with van der Waals surface area (Å²) in [6.07, 6.45) is 3.37. The Balaban J connectivity index is 0.00000417. The minimum Gasteiger partial charge on any atom is -0.508 e. The monoisotopic (exact) mass is 626 g/mol. The van der Waals surface area contributed by atoms with Crippen LogP contribution in [0.15, 0.2) is 66.7 Å². The van der Waals surface area contributed by atoms with Gasteiger partial charge in [-0.25, -0.2) is 0 Å². The van der Waals surface area contributed by atoms with E-state index in [2.05, 4.69) is 48.2 Å². The van der Waals surface area contributed by atoms with Crippen molar-refractivity contribution in [3.8, 4) is 40.2 Å². The number of hydrogen-bond donors (Lipinski definition) is 2. The first-order valence-electron chi connectivity index (χ1n) is 15.4. The Labute approximate surface area is 272 Å². The number of nitrogens with zero attached hydrogens (tertiary/aromatic N) is 2. The van der Waals surface area contributed by atoms with Crippen molar-refractivity contribution in [2.45, 2.75) is 45.2 Å². The number of methoxy groups -OCH3 is 3. The molecule has 2 atom stereocenters. The molecule has 0 aromatic heterocycles. The molecule has 2 unspecified atom stereocenters. The number of fused-ring (bicyclic) bond motifs is 2. The summed E-state index contributed by atoms with van der Waals surface area (Å²) in [5.41, 5.74) is 7.07. The fourth-order valence-electron chi connectivity index (χ4n) is 6.72. The summed E-state index contributed by atoms with van der Waals surface area (Å²) >= 11 is 0. The molecular weight excluding hydrogens is 580 g/mol. The third-order valence-electron chi connectivity index (χ3n) is 9.36. The van der Waals surface area contributed by atoms with Crippen LogP contribution in [0.3, 0.4) is 0 Å². The molecule has 2 aliphatic rings. The van der Waals surface area contributed by atoms with E-state index in [1.807, 2.05) is 24.3 Å². The van der Waals surface area contributed by atoms with Crippen LogP contribution in [0.4, 0.5) is 0 Å². The van der Waals surface area contributed by atoms with E-state index >= 15 is 0 Å². The Morgan fingerprint density at radius 2 is 1.09 bits per heavy atom. The topological polar surface area (TPSA) is 83.9 Å². The molecule has 2 N–H and O–H groups in total. The maximum Gasteiger partial charge on any atom is 0.169 e. The SMILES string of the molecule is C.COc1cc2c(cc1OC)C(Cc1ccc(O)c(Oc3cc4c(cc3OC)CCN(C)C4Cc3ccc(O)cc3)c1)N(C)CC2. The Morgan fingerprint density at radius 3 is 1.65 bits per heavy atom. The highest BCUT2D eigenvalue weighted by molar-refractivity contribution is 5.54. The van der Waals surface area contributed by atoms with Gasteiger partial charge in [0.2, 0.25) is 0 Å². The van der Waals surface area contributed by atoms with Crippen molar-refractivity contribution in [3.63, 3.8) is 0 Å². The van der Waals surface area contributed by atoms with E-state index in [-0.39, 0.29) is 31.0 Å². The zero-order valence-corrected chi connectivity index (χ0v) is 26.7. The normalized spacial score (nSPS) is 17.8. The van der Waals surface area contributed by atoms with E-state index in [0.29, 0.717) is 17.2 Å². The van der Waals surface area contributed by atoms with E-state index < -0.39 is 0 Å². The zero-order chi connectivity index (χ0) is 31.7. The Morgan fingerprint density at radius 1 is 0.609 bits per heavy atom. The van der Waals surface area contributed by atoms with Crippen molar-refractivity contribution in [2.24, 2.45) is 0 Å². The second kappa shape index (κ2) is 13.9. The fraction of sp³-hybridized carbons (Fsp3) is 0.368. The third-order valence-corrected chi connectivity index (χ3v) is 9.36. The molecule has 0 aliphatic carbocycles. The van der Waals surface area contributed by atoms with Gasteiger partial charge >= 0.3 is 0 Å². The largest absolute Gasteiger partial charge is 0.508 e. The van der Waals surface area contributed by atoms with Crippen LogP contribution in [-0.4, -0.2) is 68.5 Å². The summed E-state index contributed by atoms with van der Waals surface area (Å²) < 4.78 is 23.4. The highest BCUT2D eigenvalue weighted by Gasteiger charge is 2.29. The molecule has 0 bridgehead atoms. The summed E-state index contributed by atoms with van der Waals surface area (Å²) in [6.45, 7) is 1.86. The van der Waals surface area contributed by atoms with Gasteiger partial charge in [0.15, 0.2) is 34.5 Å². The lowest BCUT2D eigenvalue weighted by molar-refractivity contribution is 0.227. The molecule has 244 valence electrons. The van der Waals surface area contributed by atoms with E-state index in [4.69, 9.17) is 18.9 Å². The van der Waals surface area contributed by atoms with Gasteiger partial charge in [-0.3, -0.25) is 9.80 Å². The number of ether oxygens (including phenoxy) is 4. The van der Waals surface area contributed by atoms with Crippen molar-refractivity contribution in [3.05, 3.63) is 100 Å². The van der Waals surface area contributed by atoms with Gasteiger partial charge in [0, 0.05) is 25.2 Å². The summed E-state index contributed by atoms with van der Waals surface area (Å²) in [5.74, 6) is 3.38. The zero-order valence-electron chi connectivity index (χ0n) is 26.7. The van der Waals surface area contributed by atoms with Crippen LogP contribution in [0.1, 0.15) is 52.9 Å².